The Labute approximate surface area is 403 Å². The van der Waals surface area contributed by atoms with Crippen LogP contribution in [-0.2, 0) is 80.8 Å². The first kappa shape index (κ1) is 59.2. The van der Waals surface area contributed by atoms with E-state index in [2.05, 4.69) is 10.6 Å². The molecule has 1 saturated heterocycles. The molecule has 0 aromatic heterocycles. The number of carboxylic acid groups (broad SMARTS) is 1. The number of aliphatic carboxylic acids is 1. The fourth-order valence-electron chi connectivity index (χ4n) is 6.40. The van der Waals surface area contributed by atoms with Crippen molar-refractivity contribution in [2.45, 2.75) is 51.0 Å². The highest BCUT2D eigenvalue weighted by Gasteiger charge is 2.45. The molecule has 1 aromatic rings. The van der Waals surface area contributed by atoms with Gasteiger partial charge < -0.3 is 72.0 Å². The molecule has 5 amide bonds. The lowest BCUT2D eigenvalue weighted by atomic mass is 10.0. The third-order valence-corrected chi connectivity index (χ3v) is 9.86. The van der Waals surface area contributed by atoms with Gasteiger partial charge in [-0.2, -0.15) is 0 Å². The Morgan fingerprint density at radius 3 is 1.29 bits per heavy atom. The minimum atomic E-state index is -1.08. The lowest BCUT2D eigenvalue weighted by molar-refractivity contribution is -0.138. The van der Waals surface area contributed by atoms with Crippen molar-refractivity contribution in [1.82, 2.24) is 10.2 Å². The van der Waals surface area contributed by atoms with Gasteiger partial charge in [-0.15, -0.1) is 0 Å². The molecule has 0 saturated carbocycles. The van der Waals surface area contributed by atoms with E-state index in [1.54, 1.807) is 12.1 Å². The van der Waals surface area contributed by atoms with E-state index in [4.69, 9.17) is 66.7 Å². The third-order valence-electron chi connectivity index (χ3n) is 9.86. The maximum atomic E-state index is 13.2. The number of ether oxygens (including phenoxy) is 13. The summed E-state index contributed by atoms with van der Waals surface area (Å²) >= 11 is 0. The topological polar surface area (TPSA) is 270 Å². The lowest BCUT2D eigenvalue weighted by Crippen LogP contribution is -2.54. The van der Waals surface area contributed by atoms with Crippen molar-refractivity contribution >= 4 is 41.2 Å². The van der Waals surface area contributed by atoms with E-state index in [1.165, 1.54) is 6.07 Å². The van der Waals surface area contributed by atoms with Gasteiger partial charge in [0.05, 0.1) is 188 Å². The van der Waals surface area contributed by atoms with Crippen LogP contribution in [-0.4, -0.2) is 223 Å². The van der Waals surface area contributed by atoms with Crippen LogP contribution in [0.1, 0.15) is 65.7 Å². The average Bonchev–Trinajstić information content (AvgIpc) is 3.58. The van der Waals surface area contributed by atoms with E-state index in [0.717, 1.165) is 17.7 Å². The summed E-state index contributed by atoms with van der Waals surface area (Å²) < 4.78 is 70.9. The fourth-order valence-corrected chi connectivity index (χ4v) is 6.40. The Kier molecular flexibility index (Phi) is 34.0. The Hall–Kier alpha value is -4.08. The summed E-state index contributed by atoms with van der Waals surface area (Å²) in [6, 6.07) is 3.51. The van der Waals surface area contributed by atoms with Gasteiger partial charge >= 0.3 is 5.97 Å². The molecule has 1 fully saturated rings. The minimum Gasteiger partial charge on any atom is -0.481 e. The van der Waals surface area contributed by atoms with E-state index in [9.17, 15) is 28.8 Å². The van der Waals surface area contributed by atoms with Crippen LogP contribution < -0.4 is 10.6 Å². The Balaban J connectivity index is 0.952. The van der Waals surface area contributed by atoms with Crippen LogP contribution in [0.25, 0.3) is 0 Å². The van der Waals surface area contributed by atoms with Crippen LogP contribution >= 0.6 is 0 Å². The van der Waals surface area contributed by atoms with Gasteiger partial charge in [0.2, 0.25) is 17.7 Å². The molecule has 1 atom stereocenters. The number of imide groups is 2. The van der Waals surface area contributed by atoms with Crippen LogP contribution in [0, 0.1) is 0 Å². The number of hydrogen-bond acceptors (Lipinski definition) is 19. The number of carboxylic acids is 1. The van der Waals surface area contributed by atoms with Crippen LogP contribution in [0.5, 0.6) is 0 Å². The zero-order valence-corrected chi connectivity index (χ0v) is 39.8. The molecule has 69 heavy (non-hydrogen) atoms. The largest absolute Gasteiger partial charge is 0.481 e. The quantitative estimate of drug-likeness (QED) is 0.0613. The van der Waals surface area contributed by atoms with Gasteiger partial charge in [0, 0.05) is 19.4 Å². The molecule has 2 aliphatic heterocycles. The van der Waals surface area contributed by atoms with Gasteiger partial charge in [0.1, 0.15) is 6.04 Å². The predicted molar refractivity (Wildman–Crippen MR) is 243 cm³/mol. The summed E-state index contributed by atoms with van der Waals surface area (Å²) in [6.07, 6.45) is 2.39. The normalized spacial score (nSPS) is 14.7. The number of carbonyl (C=O) groups is 6. The predicted octanol–water partition coefficient (Wildman–Crippen LogP) is 1.28. The molecular formula is C46H73N3O20. The molecule has 23 nitrogen and oxygen atoms in total. The van der Waals surface area contributed by atoms with Crippen molar-refractivity contribution in [1.29, 1.82) is 0 Å². The second kappa shape index (κ2) is 39.6. The molecule has 0 radical (unpaired) electrons. The highest BCUT2D eigenvalue weighted by molar-refractivity contribution is 6.26. The zero-order chi connectivity index (χ0) is 49.4. The smallest absolute Gasteiger partial charge is 0.305 e. The van der Waals surface area contributed by atoms with Gasteiger partial charge in [-0.3, -0.25) is 39.0 Å². The zero-order valence-electron chi connectivity index (χ0n) is 39.8. The molecule has 23 heteroatoms. The molecule has 3 rings (SSSR count). The standard InChI is InChI=1S/C46H73N3O20/c50-40(47-38-6-4-5-37-43(38)46(56)49(45(37)55)39-8-9-41(51)48-44(39)54)7-2-1-3-11-57-13-15-59-17-19-61-21-23-63-25-27-65-29-31-67-33-35-69-36-34-68-32-30-66-28-26-64-24-22-62-20-18-60-16-14-58-12-10-42(52)53/h4-6,39H,1-3,7-36H2,(H,47,50)(H,52,53)(H,48,51,54). The minimum absolute atomic E-state index is 0.0147. The first-order chi connectivity index (χ1) is 33.8. The average molecular weight is 988 g/mol. The highest BCUT2D eigenvalue weighted by atomic mass is 16.6. The number of piperidine rings is 1. The van der Waals surface area contributed by atoms with Crippen LogP contribution in [0.3, 0.4) is 0 Å². The van der Waals surface area contributed by atoms with E-state index in [0.29, 0.717) is 172 Å². The first-order valence-corrected chi connectivity index (χ1v) is 23.7. The van der Waals surface area contributed by atoms with Gasteiger partial charge in [0.15, 0.2) is 0 Å². The second-order valence-electron chi connectivity index (χ2n) is 15.1. The van der Waals surface area contributed by atoms with Crippen molar-refractivity contribution in [3.05, 3.63) is 29.3 Å². The first-order valence-electron chi connectivity index (χ1n) is 23.7. The van der Waals surface area contributed by atoms with Gasteiger partial charge in [-0.05, 0) is 31.4 Å². The molecule has 1 aromatic carbocycles. The number of rotatable bonds is 47. The summed E-state index contributed by atoms with van der Waals surface area (Å²) in [7, 11) is 0. The molecule has 1 unspecified atom stereocenters. The van der Waals surface area contributed by atoms with Gasteiger partial charge in [0.25, 0.3) is 11.8 Å². The number of nitrogens with zero attached hydrogens (tertiary/aromatic N) is 1. The summed E-state index contributed by atoms with van der Waals surface area (Å²) in [4.78, 5) is 74.0. The maximum Gasteiger partial charge on any atom is 0.305 e. The number of carbonyl (C=O) groups excluding carboxylic acids is 5. The summed E-state index contributed by atoms with van der Waals surface area (Å²) in [5, 5.41) is 13.4. The summed E-state index contributed by atoms with van der Waals surface area (Å²) in [6.45, 7) is 11.4. The molecule has 2 aliphatic rings. The molecule has 392 valence electrons. The highest BCUT2D eigenvalue weighted by Crippen LogP contribution is 2.32. The number of benzene rings is 1. The molecule has 0 spiro atoms. The van der Waals surface area contributed by atoms with Crippen molar-refractivity contribution in [2.24, 2.45) is 0 Å². The number of fused-ring (bicyclic) bond motifs is 1. The number of unbranched alkanes of at least 4 members (excludes halogenated alkanes) is 2. The van der Waals surface area contributed by atoms with E-state index >= 15 is 0 Å². The Morgan fingerprint density at radius 1 is 0.507 bits per heavy atom. The number of nitrogens with one attached hydrogen (secondary N) is 2. The van der Waals surface area contributed by atoms with Crippen LogP contribution in [0.4, 0.5) is 5.69 Å². The number of anilines is 1. The molecular weight excluding hydrogens is 915 g/mol. The maximum absolute atomic E-state index is 13.2. The summed E-state index contributed by atoms with van der Waals surface area (Å²) in [5.41, 5.74) is 0.366. The molecule has 2 heterocycles. The monoisotopic (exact) mass is 987 g/mol. The second-order valence-corrected chi connectivity index (χ2v) is 15.1. The molecule has 0 bridgehead atoms. The van der Waals surface area contributed by atoms with Crippen LogP contribution in [0.2, 0.25) is 0 Å². The third kappa shape index (κ3) is 27.8. The van der Waals surface area contributed by atoms with Gasteiger partial charge in [-0.25, -0.2) is 0 Å². The number of amides is 5. The van der Waals surface area contributed by atoms with Gasteiger partial charge in [-0.1, -0.05) is 12.5 Å². The lowest BCUT2D eigenvalue weighted by Gasteiger charge is -2.27. The Morgan fingerprint density at radius 2 is 0.899 bits per heavy atom. The van der Waals surface area contributed by atoms with Crippen molar-refractivity contribution in [3.63, 3.8) is 0 Å². The number of hydrogen-bond donors (Lipinski definition) is 3. The van der Waals surface area contributed by atoms with E-state index in [1.807, 2.05) is 0 Å². The summed E-state index contributed by atoms with van der Waals surface area (Å²) in [5.74, 6) is -3.63. The van der Waals surface area contributed by atoms with Crippen LogP contribution in [0.15, 0.2) is 18.2 Å². The molecule has 3 N–H and O–H groups in total. The SMILES string of the molecule is O=C(O)CCOCCOCCOCCOCCOCCOCCOCCOCCOCCOCCOCCOCCOCCCCCC(=O)Nc1cccc2c1C(=O)N(C1CCC(=O)NC1=O)C2=O. The Bertz CT molecular complexity index is 1600. The van der Waals surface area contributed by atoms with Crippen molar-refractivity contribution < 1.29 is 95.5 Å². The molecule has 0 aliphatic carbocycles. The van der Waals surface area contributed by atoms with Crippen molar-refractivity contribution in [2.75, 3.05) is 177 Å². The fraction of sp³-hybridized carbons (Fsp3) is 0.739. The van der Waals surface area contributed by atoms with E-state index < -0.39 is 35.6 Å². The van der Waals surface area contributed by atoms with E-state index in [-0.39, 0.29) is 55.0 Å². The van der Waals surface area contributed by atoms with Crippen molar-refractivity contribution in [3.8, 4) is 0 Å².